The Morgan fingerprint density at radius 1 is 1.24 bits per heavy atom. The van der Waals surface area contributed by atoms with Gasteiger partial charge in [-0.1, -0.05) is 0 Å². The van der Waals surface area contributed by atoms with E-state index in [4.69, 9.17) is 17.0 Å². The number of imide groups is 1. The van der Waals surface area contributed by atoms with Gasteiger partial charge in [0.05, 0.1) is 28.6 Å². The second kappa shape index (κ2) is 5.32. The minimum absolute atomic E-state index is 0. The number of carboxylic acids is 1. The Kier molecular flexibility index (Phi) is 4.51. The van der Waals surface area contributed by atoms with Crippen LogP contribution in [-0.2, 0) is 4.39 Å². The molecule has 1 aliphatic heterocycles. The zero-order valence-electron chi connectivity index (χ0n) is 7.64. The van der Waals surface area contributed by atoms with Crippen LogP contribution in [0.5, 0.6) is 0 Å². The number of carbonyl (C=O) groups excluding carboxylic acids is 2. The van der Waals surface area contributed by atoms with Crippen LogP contribution in [0.15, 0.2) is 18.2 Å². The molecule has 0 aliphatic carbocycles. The first kappa shape index (κ1) is 14.4. The van der Waals surface area contributed by atoms with Gasteiger partial charge in [-0.2, -0.15) is 0 Å². The first-order valence-corrected chi connectivity index (χ1v) is 4.42. The van der Waals surface area contributed by atoms with Crippen LogP contribution in [0, 0.1) is 0 Å². The van der Waals surface area contributed by atoms with Gasteiger partial charge in [-0.05, 0) is 18.2 Å². The number of nitrogens with zero attached hydrogens (tertiary/aromatic N) is 1. The molecule has 0 radical (unpaired) electrons. The summed E-state index contributed by atoms with van der Waals surface area (Å²) in [5.41, 5.74) is -0.0578. The molecule has 17 heavy (non-hydrogen) atoms. The molecular formula is C9H6CaClNO5. The third-order valence-electron chi connectivity index (χ3n) is 2.17. The molecule has 1 aromatic rings. The number of rotatable bonds is 2. The van der Waals surface area contributed by atoms with E-state index in [1.54, 1.807) is 0 Å². The average Bonchev–Trinajstić information content (AvgIpc) is 2.51. The number of carbonyl (C=O) groups is 3. The van der Waals surface area contributed by atoms with Gasteiger partial charge in [0.1, 0.15) is 0 Å². The first-order valence-electron chi connectivity index (χ1n) is 4.11. The monoisotopic (exact) mass is 283 g/mol. The number of amides is 2. The summed E-state index contributed by atoms with van der Waals surface area (Å²) in [6.45, 7) is 0. The van der Waals surface area contributed by atoms with Crippen molar-refractivity contribution in [2.75, 3.05) is 0 Å². The Bertz CT molecular complexity index is 518. The summed E-state index contributed by atoms with van der Waals surface area (Å²) < 4.78 is 4.08. The Morgan fingerprint density at radius 3 is 2.35 bits per heavy atom. The standard InChI is InChI=1S/C9H4ClNO5.Ca.2H/c10-16-11-7(12)5-2-1-4(9(14)15)3-6(5)8(11)13;;;/h1-3H,(H,14,15);;;. The fourth-order valence-electron chi connectivity index (χ4n) is 1.41. The molecule has 86 valence electrons. The van der Waals surface area contributed by atoms with Crippen LogP contribution in [0.2, 0.25) is 0 Å². The predicted octanol–water partition coefficient (Wildman–Crippen LogP) is 0.150. The summed E-state index contributed by atoms with van der Waals surface area (Å²) >= 11 is 4.96. The zero-order chi connectivity index (χ0) is 11.9. The number of hydrogen-bond donors (Lipinski definition) is 1. The van der Waals surface area contributed by atoms with Crippen molar-refractivity contribution in [3.8, 4) is 0 Å². The van der Waals surface area contributed by atoms with E-state index in [-0.39, 0.29) is 54.4 Å². The minimum atomic E-state index is -1.19. The molecule has 0 aromatic heterocycles. The van der Waals surface area contributed by atoms with Crippen molar-refractivity contribution < 1.29 is 23.9 Å². The van der Waals surface area contributed by atoms with Crippen LogP contribution in [0.1, 0.15) is 31.1 Å². The molecule has 6 nitrogen and oxygen atoms in total. The molecule has 2 amide bonds. The molecule has 1 aromatic carbocycles. The van der Waals surface area contributed by atoms with E-state index in [9.17, 15) is 14.4 Å². The molecule has 2 rings (SSSR count). The molecule has 0 atom stereocenters. The van der Waals surface area contributed by atoms with Crippen LogP contribution in [-0.4, -0.2) is 65.7 Å². The summed E-state index contributed by atoms with van der Waals surface area (Å²) in [6, 6.07) is 3.58. The number of benzene rings is 1. The van der Waals surface area contributed by atoms with Gasteiger partial charge < -0.3 is 5.11 Å². The second-order valence-electron chi connectivity index (χ2n) is 3.04. The number of hydroxylamine groups is 2. The summed E-state index contributed by atoms with van der Waals surface area (Å²) in [5.74, 6) is -2.68. The van der Waals surface area contributed by atoms with Crippen molar-refractivity contribution in [1.29, 1.82) is 0 Å². The van der Waals surface area contributed by atoms with Gasteiger partial charge in [0, 0.05) is 0 Å². The molecule has 8 heteroatoms. The number of carboxylic acid groups (broad SMARTS) is 1. The van der Waals surface area contributed by atoms with Crippen LogP contribution in [0.4, 0.5) is 0 Å². The topological polar surface area (TPSA) is 83.9 Å². The molecule has 0 spiro atoms. The number of hydrogen-bond acceptors (Lipinski definition) is 4. The van der Waals surface area contributed by atoms with Gasteiger partial charge in [-0.25, -0.2) is 4.79 Å². The molecule has 0 fully saturated rings. The van der Waals surface area contributed by atoms with E-state index in [1.165, 1.54) is 12.1 Å². The third-order valence-corrected chi connectivity index (χ3v) is 2.30. The molecule has 1 N–H and O–H groups in total. The average molecular weight is 284 g/mol. The summed E-state index contributed by atoms with van der Waals surface area (Å²) in [5, 5.41) is 9.08. The summed E-state index contributed by atoms with van der Waals surface area (Å²) in [6.07, 6.45) is 0. The van der Waals surface area contributed by atoms with E-state index in [1.807, 2.05) is 0 Å². The van der Waals surface area contributed by atoms with Crippen molar-refractivity contribution in [3.63, 3.8) is 0 Å². The van der Waals surface area contributed by atoms with Crippen molar-refractivity contribution >= 4 is 67.4 Å². The van der Waals surface area contributed by atoms with Crippen molar-refractivity contribution in [1.82, 2.24) is 5.06 Å². The quantitative estimate of drug-likeness (QED) is 0.617. The Balaban J connectivity index is 0.00000144. The first-order chi connectivity index (χ1) is 7.56. The van der Waals surface area contributed by atoms with Gasteiger partial charge in [0.25, 0.3) is 11.8 Å². The number of fused-ring (bicyclic) bond motifs is 1. The van der Waals surface area contributed by atoms with Crippen LogP contribution in [0.3, 0.4) is 0 Å². The molecule has 1 aliphatic rings. The maximum absolute atomic E-state index is 11.5. The van der Waals surface area contributed by atoms with Crippen molar-refractivity contribution in [2.45, 2.75) is 0 Å². The van der Waals surface area contributed by atoms with E-state index < -0.39 is 17.8 Å². The number of halogens is 1. The van der Waals surface area contributed by atoms with Crippen molar-refractivity contribution in [2.24, 2.45) is 0 Å². The Hall–Kier alpha value is -0.660. The number of aromatic carboxylic acids is 1. The molecule has 0 bridgehead atoms. The summed E-state index contributed by atoms with van der Waals surface area (Å²) in [7, 11) is 0. The fourth-order valence-corrected chi connectivity index (χ4v) is 1.54. The van der Waals surface area contributed by atoms with Crippen molar-refractivity contribution in [3.05, 3.63) is 34.9 Å². The molecule has 1 heterocycles. The normalized spacial score (nSPS) is 13.4. The van der Waals surface area contributed by atoms with E-state index in [0.29, 0.717) is 5.06 Å². The molecule has 0 unspecified atom stereocenters. The van der Waals surface area contributed by atoms with Crippen LogP contribution in [0.25, 0.3) is 0 Å². The Labute approximate surface area is 130 Å². The SMILES string of the molecule is O=C(O)c1ccc2c(c1)C(=O)N(OCl)C2=O.[CaH2]. The Morgan fingerprint density at radius 2 is 1.82 bits per heavy atom. The van der Waals surface area contributed by atoms with Gasteiger partial charge in [0.15, 0.2) is 0 Å². The van der Waals surface area contributed by atoms with E-state index >= 15 is 0 Å². The predicted molar refractivity (Wildman–Crippen MR) is 59.4 cm³/mol. The summed E-state index contributed by atoms with van der Waals surface area (Å²) in [4.78, 5) is 33.7. The van der Waals surface area contributed by atoms with Gasteiger partial charge in [-0.3, -0.25) is 9.59 Å². The third kappa shape index (κ3) is 2.31. The molecule has 0 saturated heterocycles. The second-order valence-corrected chi connectivity index (χ2v) is 3.18. The molecule has 0 saturated carbocycles. The van der Waals surface area contributed by atoms with Gasteiger partial charge in [-0.15, -0.1) is 9.45 Å². The fraction of sp³-hybridized carbons (Fsp3) is 0. The maximum atomic E-state index is 11.5. The zero-order valence-corrected chi connectivity index (χ0v) is 8.39. The van der Waals surface area contributed by atoms with E-state index in [0.717, 1.165) is 6.07 Å². The van der Waals surface area contributed by atoms with Crippen LogP contribution >= 0.6 is 11.9 Å². The van der Waals surface area contributed by atoms with E-state index in [2.05, 4.69) is 4.39 Å². The van der Waals surface area contributed by atoms with Crippen LogP contribution < -0.4 is 0 Å². The van der Waals surface area contributed by atoms with Gasteiger partial charge >= 0.3 is 43.7 Å². The molecular weight excluding hydrogens is 278 g/mol. The van der Waals surface area contributed by atoms with Gasteiger partial charge in [0.2, 0.25) is 0 Å².